The van der Waals surface area contributed by atoms with Gasteiger partial charge in [-0.3, -0.25) is 14.4 Å². The normalized spacial score (nSPS) is 12.2. The zero-order valence-electron chi connectivity index (χ0n) is 29.3. The van der Waals surface area contributed by atoms with E-state index >= 15 is 0 Å². The van der Waals surface area contributed by atoms with Crippen LogP contribution in [0.25, 0.3) is 5.52 Å². The number of aryl methyl sites for hydroxylation is 2. The van der Waals surface area contributed by atoms with Gasteiger partial charge < -0.3 is 24.8 Å². The number of aromatic nitrogens is 3. The molecule has 2 N–H and O–H groups in total. The van der Waals surface area contributed by atoms with E-state index in [4.69, 9.17) is 14.2 Å². The topological polar surface area (TPSA) is 153 Å². The van der Waals surface area contributed by atoms with Gasteiger partial charge in [-0.05, 0) is 79.6 Å². The molecule has 5 aromatic rings. The molecule has 0 aliphatic heterocycles. The van der Waals surface area contributed by atoms with Crippen molar-refractivity contribution >= 4 is 40.9 Å². The van der Waals surface area contributed by atoms with Crippen LogP contribution in [0.3, 0.4) is 0 Å². The van der Waals surface area contributed by atoms with Gasteiger partial charge in [-0.2, -0.15) is 5.10 Å². The molecule has 6 rings (SSSR count). The molecule has 0 unspecified atom stereocenters. The molecule has 1 fully saturated rings. The van der Waals surface area contributed by atoms with Gasteiger partial charge in [0.05, 0.1) is 12.0 Å². The Morgan fingerprint density at radius 2 is 1.71 bits per heavy atom. The first kappa shape index (κ1) is 35.6. The first-order chi connectivity index (χ1) is 25.2. The Hall–Kier alpha value is -6.24. The lowest BCUT2D eigenvalue weighted by molar-refractivity contribution is -0.151. The maximum atomic E-state index is 13.8. The number of ether oxygens (including phenoxy) is 3. The van der Waals surface area contributed by atoms with Crippen LogP contribution in [0.4, 0.5) is 16.3 Å². The zero-order chi connectivity index (χ0) is 36.6. The highest BCUT2D eigenvalue weighted by Crippen LogP contribution is 2.29. The molecule has 1 saturated carbocycles. The molecule has 13 nitrogen and oxygen atoms in total. The van der Waals surface area contributed by atoms with Gasteiger partial charge in [-0.15, -0.1) is 0 Å². The summed E-state index contributed by atoms with van der Waals surface area (Å²) in [6, 6.07) is 22.5. The van der Waals surface area contributed by atoms with E-state index in [1.54, 1.807) is 43.3 Å². The third kappa shape index (κ3) is 8.73. The SMILES string of the molecule is CCCN(C(=O)OCOC(=O)Cc1ccc(OCc2ccccc2)cc1)C(=O)c1cn2ncnc(Nc3cc(C(=O)NC4CC4)ccc3C)c2c1C. The van der Waals surface area contributed by atoms with Crippen LogP contribution in [0.2, 0.25) is 0 Å². The molecule has 0 bridgehead atoms. The van der Waals surface area contributed by atoms with Gasteiger partial charge >= 0.3 is 12.1 Å². The number of nitrogens with one attached hydrogen (secondary N) is 2. The number of carbonyl (C=O) groups is 4. The van der Waals surface area contributed by atoms with Crippen molar-refractivity contribution in [2.24, 2.45) is 0 Å². The Kier molecular flexibility index (Phi) is 11.1. The molecular formula is C39H40N6O7. The molecule has 268 valence electrons. The van der Waals surface area contributed by atoms with Gasteiger partial charge in [0.25, 0.3) is 11.8 Å². The number of nitrogens with zero attached hydrogens (tertiary/aromatic N) is 4. The quantitative estimate of drug-likeness (QED) is 0.0996. The lowest BCUT2D eigenvalue weighted by Gasteiger charge is -2.19. The van der Waals surface area contributed by atoms with Crippen molar-refractivity contribution < 1.29 is 33.4 Å². The van der Waals surface area contributed by atoms with E-state index in [-0.39, 0.29) is 30.5 Å². The summed E-state index contributed by atoms with van der Waals surface area (Å²) >= 11 is 0. The number of benzene rings is 3. The van der Waals surface area contributed by atoms with E-state index in [1.165, 1.54) is 17.0 Å². The second-order valence-corrected chi connectivity index (χ2v) is 12.6. The smallest absolute Gasteiger partial charge is 0.419 e. The molecule has 0 radical (unpaired) electrons. The third-order valence-corrected chi connectivity index (χ3v) is 8.56. The first-order valence-electron chi connectivity index (χ1n) is 17.1. The number of hydrogen-bond donors (Lipinski definition) is 2. The van der Waals surface area contributed by atoms with E-state index in [0.29, 0.717) is 52.5 Å². The summed E-state index contributed by atoms with van der Waals surface area (Å²) in [7, 11) is 0. The van der Waals surface area contributed by atoms with Gasteiger partial charge in [0.2, 0.25) is 6.79 Å². The summed E-state index contributed by atoms with van der Waals surface area (Å²) in [4.78, 5) is 57.5. The molecule has 3 aromatic carbocycles. The predicted molar refractivity (Wildman–Crippen MR) is 192 cm³/mol. The standard InChI is InChI=1S/C39H40N6O7/c1-4-18-44(39(49)52-24-51-34(46)19-27-11-16-31(17-12-27)50-22-28-8-6-5-7-9-28)38(48)32-21-45-35(26(32)3)36(40-23-41-45)43-33-20-29(13-10-25(33)2)37(47)42-30-14-15-30/h5-13,16-17,20-21,23,30H,4,14-15,18-19,22,24H2,1-3H3,(H,42,47)(H,40,41,43). The highest BCUT2D eigenvalue weighted by Gasteiger charge is 2.28. The van der Waals surface area contributed by atoms with Crippen molar-refractivity contribution in [3.05, 3.63) is 119 Å². The fourth-order valence-electron chi connectivity index (χ4n) is 5.52. The van der Waals surface area contributed by atoms with Crippen LogP contribution in [0, 0.1) is 13.8 Å². The molecule has 0 spiro atoms. The Bertz CT molecular complexity index is 2080. The van der Waals surface area contributed by atoms with E-state index in [2.05, 4.69) is 20.7 Å². The third-order valence-electron chi connectivity index (χ3n) is 8.56. The van der Waals surface area contributed by atoms with Crippen molar-refractivity contribution in [2.45, 2.75) is 59.1 Å². The summed E-state index contributed by atoms with van der Waals surface area (Å²) < 4.78 is 17.7. The maximum Gasteiger partial charge on any atom is 0.419 e. The van der Waals surface area contributed by atoms with Crippen LogP contribution in [0.15, 0.2) is 85.3 Å². The fraction of sp³-hybridized carbons (Fsp3) is 0.282. The Morgan fingerprint density at radius 1 is 0.942 bits per heavy atom. The summed E-state index contributed by atoms with van der Waals surface area (Å²) in [6.07, 6.45) is 4.33. The number of amides is 3. The van der Waals surface area contributed by atoms with Crippen LogP contribution < -0.4 is 15.4 Å². The molecule has 2 aromatic heterocycles. The Morgan fingerprint density at radius 3 is 2.44 bits per heavy atom. The summed E-state index contributed by atoms with van der Waals surface area (Å²) in [5.74, 6) is -0.261. The van der Waals surface area contributed by atoms with Gasteiger partial charge in [-0.25, -0.2) is 19.2 Å². The highest BCUT2D eigenvalue weighted by molar-refractivity contribution is 6.05. The molecule has 0 atom stereocenters. The number of imide groups is 1. The molecule has 2 heterocycles. The minimum Gasteiger partial charge on any atom is -0.489 e. The Balaban J connectivity index is 1.06. The van der Waals surface area contributed by atoms with Crippen molar-refractivity contribution in [2.75, 3.05) is 18.7 Å². The van der Waals surface area contributed by atoms with Crippen LogP contribution in [-0.4, -0.2) is 62.8 Å². The summed E-state index contributed by atoms with van der Waals surface area (Å²) in [5.41, 5.74) is 5.09. The first-order valence-corrected chi connectivity index (χ1v) is 17.1. The van der Waals surface area contributed by atoms with Crippen LogP contribution in [-0.2, 0) is 27.3 Å². The second kappa shape index (κ2) is 16.2. The van der Waals surface area contributed by atoms with Gasteiger partial charge in [0.15, 0.2) is 5.82 Å². The number of hydrogen-bond acceptors (Lipinski definition) is 10. The van der Waals surface area contributed by atoms with Crippen LogP contribution in [0.1, 0.15) is 69.2 Å². The number of rotatable bonds is 14. The largest absolute Gasteiger partial charge is 0.489 e. The maximum absolute atomic E-state index is 13.8. The van der Waals surface area contributed by atoms with E-state index < -0.39 is 24.8 Å². The molecular weight excluding hydrogens is 664 g/mol. The lowest BCUT2D eigenvalue weighted by atomic mass is 10.1. The van der Waals surface area contributed by atoms with Crippen LogP contribution in [0.5, 0.6) is 5.75 Å². The molecule has 13 heteroatoms. The zero-order valence-corrected chi connectivity index (χ0v) is 29.3. The van der Waals surface area contributed by atoms with Crippen molar-refractivity contribution in [1.29, 1.82) is 0 Å². The summed E-state index contributed by atoms with van der Waals surface area (Å²) in [6.45, 7) is 5.32. The minimum atomic E-state index is -0.949. The number of fused-ring (bicyclic) bond motifs is 1. The number of anilines is 2. The lowest BCUT2D eigenvalue weighted by Crippen LogP contribution is -2.38. The fourth-order valence-corrected chi connectivity index (χ4v) is 5.52. The monoisotopic (exact) mass is 704 g/mol. The molecule has 3 amide bonds. The van der Waals surface area contributed by atoms with E-state index in [1.807, 2.05) is 50.2 Å². The predicted octanol–water partition coefficient (Wildman–Crippen LogP) is 6.29. The van der Waals surface area contributed by atoms with E-state index in [0.717, 1.165) is 28.9 Å². The number of carbonyl (C=O) groups excluding carboxylic acids is 4. The van der Waals surface area contributed by atoms with Gasteiger partial charge in [0, 0.05) is 30.0 Å². The molecule has 52 heavy (non-hydrogen) atoms. The van der Waals surface area contributed by atoms with Crippen molar-refractivity contribution in [1.82, 2.24) is 24.8 Å². The highest BCUT2D eigenvalue weighted by atomic mass is 16.7. The van der Waals surface area contributed by atoms with Crippen LogP contribution >= 0.6 is 0 Å². The van der Waals surface area contributed by atoms with Gasteiger partial charge in [-0.1, -0.05) is 55.5 Å². The van der Waals surface area contributed by atoms with Gasteiger partial charge in [0.1, 0.15) is 24.2 Å². The van der Waals surface area contributed by atoms with Crippen molar-refractivity contribution in [3.8, 4) is 5.75 Å². The Labute approximate surface area is 300 Å². The van der Waals surface area contributed by atoms with E-state index in [9.17, 15) is 19.2 Å². The second-order valence-electron chi connectivity index (χ2n) is 12.6. The van der Waals surface area contributed by atoms with Crippen molar-refractivity contribution in [3.63, 3.8) is 0 Å². The summed E-state index contributed by atoms with van der Waals surface area (Å²) in [5, 5.41) is 10.6. The molecule has 1 aliphatic rings. The average Bonchev–Trinajstić information content (AvgIpc) is 3.90. The molecule has 1 aliphatic carbocycles. The average molecular weight is 705 g/mol. The molecule has 0 saturated heterocycles. The minimum absolute atomic E-state index is 0.0421. The number of esters is 1.